The summed E-state index contributed by atoms with van der Waals surface area (Å²) in [6, 6.07) is 1.62. The highest BCUT2D eigenvalue weighted by molar-refractivity contribution is 5.76. The first-order chi connectivity index (χ1) is 7.72. The SMILES string of the molecule is Nc1cc2c(ncn2COCCO)c(=O)[nH]1. The van der Waals surface area contributed by atoms with Crippen molar-refractivity contribution in [2.45, 2.75) is 6.73 Å². The molecule has 0 saturated carbocycles. The molecule has 0 saturated heterocycles. The number of fused-ring (bicyclic) bond motifs is 1. The van der Waals surface area contributed by atoms with Gasteiger partial charge < -0.3 is 25.1 Å². The van der Waals surface area contributed by atoms with Crippen LogP contribution in [0.15, 0.2) is 17.2 Å². The van der Waals surface area contributed by atoms with Gasteiger partial charge in [-0.15, -0.1) is 0 Å². The largest absolute Gasteiger partial charge is 0.394 e. The van der Waals surface area contributed by atoms with Crippen LogP contribution in [0.2, 0.25) is 0 Å². The predicted molar refractivity (Wildman–Crippen MR) is 57.8 cm³/mol. The fraction of sp³-hybridized carbons (Fsp3) is 0.333. The van der Waals surface area contributed by atoms with Crippen molar-refractivity contribution in [1.82, 2.24) is 14.5 Å². The van der Waals surface area contributed by atoms with Gasteiger partial charge in [-0.2, -0.15) is 0 Å². The lowest BCUT2D eigenvalue weighted by atomic mass is 10.4. The Kier molecular flexibility index (Phi) is 2.88. The molecule has 0 aliphatic heterocycles. The Balaban J connectivity index is 2.36. The lowest BCUT2D eigenvalue weighted by Crippen LogP contribution is -2.10. The standard InChI is InChI=1S/C9H12N4O3/c10-7-3-6-8(9(15)12-7)11-4-13(6)5-16-2-1-14/h3-4,14H,1-2,5H2,(H3,10,12,15). The molecule has 7 heteroatoms. The number of hydrogen-bond acceptors (Lipinski definition) is 5. The summed E-state index contributed by atoms with van der Waals surface area (Å²) in [5.74, 6) is 0.279. The minimum Gasteiger partial charge on any atom is -0.394 e. The number of nitrogen functional groups attached to an aromatic ring is 1. The first-order valence-electron chi connectivity index (χ1n) is 4.74. The van der Waals surface area contributed by atoms with Crippen LogP contribution in [0.1, 0.15) is 0 Å². The monoisotopic (exact) mass is 224 g/mol. The lowest BCUT2D eigenvalue weighted by molar-refractivity contribution is 0.0501. The van der Waals surface area contributed by atoms with E-state index in [4.69, 9.17) is 15.6 Å². The van der Waals surface area contributed by atoms with Gasteiger partial charge in [0.15, 0.2) is 5.52 Å². The number of nitrogens with two attached hydrogens (primary N) is 1. The number of imidazole rings is 1. The average molecular weight is 224 g/mol. The molecule has 0 atom stereocenters. The molecule has 0 aliphatic rings. The van der Waals surface area contributed by atoms with E-state index in [0.29, 0.717) is 11.0 Å². The lowest BCUT2D eigenvalue weighted by Gasteiger charge is -2.04. The molecule has 2 aromatic heterocycles. The highest BCUT2D eigenvalue weighted by Gasteiger charge is 2.06. The minimum absolute atomic E-state index is 0.0463. The Morgan fingerprint density at radius 3 is 3.19 bits per heavy atom. The van der Waals surface area contributed by atoms with E-state index in [-0.39, 0.29) is 31.3 Å². The summed E-state index contributed by atoms with van der Waals surface area (Å²) in [7, 11) is 0. The van der Waals surface area contributed by atoms with E-state index < -0.39 is 0 Å². The van der Waals surface area contributed by atoms with Crippen LogP contribution in [-0.4, -0.2) is 32.9 Å². The Bertz CT molecular complexity index is 545. The maximum atomic E-state index is 11.5. The van der Waals surface area contributed by atoms with E-state index in [1.807, 2.05) is 0 Å². The van der Waals surface area contributed by atoms with Crippen molar-refractivity contribution < 1.29 is 9.84 Å². The van der Waals surface area contributed by atoms with Crippen molar-refractivity contribution >= 4 is 16.9 Å². The van der Waals surface area contributed by atoms with Crippen LogP contribution < -0.4 is 11.3 Å². The molecule has 0 aromatic carbocycles. The predicted octanol–water partition coefficient (Wildman–Crippen LogP) is -0.727. The van der Waals surface area contributed by atoms with Crippen molar-refractivity contribution in [1.29, 1.82) is 0 Å². The van der Waals surface area contributed by atoms with E-state index >= 15 is 0 Å². The van der Waals surface area contributed by atoms with Gasteiger partial charge in [-0.3, -0.25) is 4.79 Å². The molecular formula is C9H12N4O3. The third-order valence-corrected chi connectivity index (χ3v) is 2.11. The van der Waals surface area contributed by atoms with Gasteiger partial charge in [0, 0.05) is 6.07 Å². The Morgan fingerprint density at radius 2 is 2.44 bits per heavy atom. The third-order valence-electron chi connectivity index (χ3n) is 2.11. The summed E-state index contributed by atoms with van der Waals surface area (Å²) in [5.41, 5.74) is 6.14. The molecule has 4 N–H and O–H groups in total. The van der Waals surface area contributed by atoms with E-state index in [9.17, 15) is 4.79 Å². The van der Waals surface area contributed by atoms with Crippen LogP contribution in [0.4, 0.5) is 5.82 Å². The third kappa shape index (κ3) is 1.90. The first-order valence-corrected chi connectivity index (χ1v) is 4.74. The molecule has 2 heterocycles. The number of nitrogens with one attached hydrogen (secondary N) is 1. The number of aromatic nitrogens is 3. The number of aliphatic hydroxyl groups is 1. The van der Waals surface area contributed by atoms with Crippen LogP contribution >= 0.6 is 0 Å². The van der Waals surface area contributed by atoms with Crippen molar-refractivity contribution in [2.24, 2.45) is 0 Å². The molecule has 86 valence electrons. The van der Waals surface area contributed by atoms with Gasteiger partial charge >= 0.3 is 0 Å². The molecule has 2 aromatic rings. The number of hydrogen-bond donors (Lipinski definition) is 3. The molecule has 0 amide bonds. The van der Waals surface area contributed by atoms with E-state index in [0.717, 1.165) is 0 Å². The number of rotatable bonds is 4. The van der Waals surface area contributed by atoms with Gasteiger partial charge in [0.1, 0.15) is 12.5 Å². The Hall–Kier alpha value is -1.86. The summed E-state index contributed by atoms with van der Waals surface area (Å²) in [6.45, 7) is 0.410. The molecular weight excluding hydrogens is 212 g/mol. The van der Waals surface area contributed by atoms with E-state index in [2.05, 4.69) is 9.97 Å². The van der Waals surface area contributed by atoms with Crippen LogP contribution in [0, 0.1) is 0 Å². The number of aromatic amines is 1. The Morgan fingerprint density at radius 1 is 1.62 bits per heavy atom. The van der Waals surface area contributed by atoms with E-state index in [1.165, 1.54) is 6.33 Å². The zero-order valence-corrected chi connectivity index (χ0v) is 8.51. The fourth-order valence-corrected chi connectivity index (χ4v) is 1.42. The summed E-state index contributed by atoms with van der Waals surface area (Å²) in [4.78, 5) is 17.9. The van der Waals surface area contributed by atoms with Gasteiger partial charge in [-0.25, -0.2) is 4.98 Å². The molecule has 7 nitrogen and oxygen atoms in total. The summed E-state index contributed by atoms with van der Waals surface area (Å²) in [6.07, 6.45) is 1.50. The van der Waals surface area contributed by atoms with Crippen LogP contribution in [0.3, 0.4) is 0 Å². The number of nitrogens with zero attached hydrogens (tertiary/aromatic N) is 2. The van der Waals surface area contributed by atoms with E-state index in [1.54, 1.807) is 10.6 Å². The number of pyridine rings is 1. The molecule has 0 spiro atoms. The second-order valence-corrected chi connectivity index (χ2v) is 3.26. The molecule has 16 heavy (non-hydrogen) atoms. The number of ether oxygens (including phenoxy) is 1. The van der Waals surface area contributed by atoms with Gasteiger partial charge in [0.25, 0.3) is 5.56 Å². The van der Waals surface area contributed by atoms with Gasteiger partial charge in [-0.05, 0) is 0 Å². The number of aliphatic hydroxyl groups excluding tert-OH is 1. The molecule has 0 fully saturated rings. The normalized spacial score (nSPS) is 11.1. The maximum Gasteiger partial charge on any atom is 0.277 e. The zero-order valence-electron chi connectivity index (χ0n) is 8.51. The Labute approximate surface area is 90.5 Å². The molecule has 0 aliphatic carbocycles. The van der Waals surface area contributed by atoms with Crippen molar-refractivity contribution in [3.8, 4) is 0 Å². The zero-order chi connectivity index (χ0) is 11.5. The van der Waals surface area contributed by atoms with Crippen molar-refractivity contribution in [2.75, 3.05) is 18.9 Å². The van der Waals surface area contributed by atoms with Gasteiger partial charge in [-0.1, -0.05) is 0 Å². The number of anilines is 1. The quantitative estimate of drug-likeness (QED) is 0.594. The van der Waals surface area contributed by atoms with Crippen LogP contribution in [-0.2, 0) is 11.5 Å². The molecule has 0 radical (unpaired) electrons. The highest BCUT2D eigenvalue weighted by atomic mass is 16.5. The number of H-pyrrole nitrogens is 1. The second kappa shape index (κ2) is 4.33. The topological polar surface area (TPSA) is 106 Å². The van der Waals surface area contributed by atoms with Gasteiger partial charge in [0.2, 0.25) is 0 Å². The minimum atomic E-state index is -0.323. The summed E-state index contributed by atoms with van der Waals surface area (Å²) in [5, 5.41) is 8.57. The van der Waals surface area contributed by atoms with Crippen molar-refractivity contribution in [3.63, 3.8) is 0 Å². The van der Waals surface area contributed by atoms with Crippen LogP contribution in [0.5, 0.6) is 0 Å². The molecule has 0 unspecified atom stereocenters. The fourth-order valence-electron chi connectivity index (χ4n) is 1.42. The maximum absolute atomic E-state index is 11.5. The average Bonchev–Trinajstić information content (AvgIpc) is 2.62. The first kappa shape index (κ1) is 10.7. The smallest absolute Gasteiger partial charge is 0.277 e. The van der Waals surface area contributed by atoms with Crippen LogP contribution in [0.25, 0.3) is 11.0 Å². The second-order valence-electron chi connectivity index (χ2n) is 3.26. The molecule has 2 rings (SSSR count). The summed E-state index contributed by atoms with van der Waals surface area (Å²) >= 11 is 0. The van der Waals surface area contributed by atoms with Gasteiger partial charge in [0.05, 0.1) is 25.1 Å². The molecule has 0 bridgehead atoms. The van der Waals surface area contributed by atoms with Crippen molar-refractivity contribution in [3.05, 3.63) is 22.7 Å². The summed E-state index contributed by atoms with van der Waals surface area (Å²) < 4.78 is 6.78. The highest BCUT2D eigenvalue weighted by Crippen LogP contribution is 2.10.